The molecule has 0 spiro atoms. The van der Waals surface area contributed by atoms with Crippen LogP contribution in [0.25, 0.3) is 21.9 Å². The summed E-state index contributed by atoms with van der Waals surface area (Å²) in [5.41, 5.74) is 8.00. The lowest BCUT2D eigenvalue weighted by molar-refractivity contribution is 0.622. The maximum absolute atomic E-state index is 5.71. The second-order valence-corrected chi connectivity index (χ2v) is 5.03. The van der Waals surface area contributed by atoms with E-state index in [0.717, 1.165) is 22.4 Å². The Morgan fingerprint density at radius 3 is 2.94 bits per heavy atom. The number of nitrogens with zero attached hydrogens (tertiary/aromatic N) is 1. The van der Waals surface area contributed by atoms with Crippen LogP contribution in [-0.4, -0.2) is 4.98 Å². The van der Waals surface area contributed by atoms with Crippen LogP contribution in [0.2, 0.25) is 0 Å². The van der Waals surface area contributed by atoms with Gasteiger partial charge in [-0.1, -0.05) is 6.92 Å². The van der Waals surface area contributed by atoms with Gasteiger partial charge in [0, 0.05) is 16.6 Å². The first-order valence-corrected chi connectivity index (χ1v) is 6.33. The van der Waals surface area contributed by atoms with Crippen LogP contribution in [0, 0.1) is 0 Å². The average Bonchev–Trinajstić information content (AvgIpc) is 2.93. The van der Waals surface area contributed by atoms with Gasteiger partial charge in [-0.05, 0) is 30.7 Å². The molecule has 0 radical (unpaired) electrons. The van der Waals surface area contributed by atoms with E-state index < -0.39 is 0 Å². The van der Waals surface area contributed by atoms with Crippen molar-refractivity contribution in [2.45, 2.75) is 13.3 Å². The van der Waals surface area contributed by atoms with Gasteiger partial charge >= 0.3 is 0 Å². The summed E-state index contributed by atoms with van der Waals surface area (Å²) in [5, 5.41) is 0. The van der Waals surface area contributed by atoms with Crippen LogP contribution < -0.4 is 5.73 Å². The van der Waals surface area contributed by atoms with E-state index in [1.54, 1.807) is 17.4 Å². The number of nitrogens with two attached hydrogens (primary N) is 1. The van der Waals surface area contributed by atoms with Crippen molar-refractivity contribution in [2.24, 2.45) is 0 Å². The fourth-order valence-electron chi connectivity index (χ4n) is 1.73. The fourth-order valence-corrected chi connectivity index (χ4v) is 2.60. The van der Waals surface area contributed by atoms with Crippen molar-refractivity contribution in [2.75, 3.05) is 5.73 Å². The second kappa shape index (κ2) is 3.89. The molecule has 4 heteroatoms. The smallest absolute Gasteiger partial charge is 0.237 e. The van der Waals surface area contributed by atoms with E-state index in [1.807, 2.05) is 12.1 Å². The molecule has 0 aliphatic heterocycles. The predicted molar refractivity (Wildman–Crippen MR) is 71.1 cm³/mol. The highest BCUT2D eigenvalue weighted by molar-refractivity contribution is 7.15. The summed E-state index contributed by atoms with van der Waals surface area (Å²) in [6.45, 7) is 2.14. The Balaban J connectivity index is 2.11. The number of aromatic nitrogens is 1. The molecule has 0 saturated carbocycles. The first kappa shape index (κ1) is 10.4. The predicted octanol–water partition coefficient (Wildman–Crippen LogP) is 3.70. The lowest BCUT2D eigenvalue weighted by atomic mass is 10.3. The van der Waals surface area contributed by atoms with Crippen molar-refractivity contribution in [3.8, 4) is 10.8 Å². The minimum atomic E-state index is 0.676. The normalized spacial score (nSPS) is 11.1. The molecule has 1 aromatic carbocycles. The average molecular weight is 244 g/mol. The zero-order valence-corrected chi connectivity index (χ0v) is 10.3. The van der Waals surface area contributed by atoms with Crippen LogP contribution in [0.5, 0.6) is 0 Å². The van der Waals surface area contributed by atoms with Gasteiger partial charge in [-0.3, -0.25) is 0 Å². The quantitative estimate of drug-likeness (QED) is 0.699. The Morgan fingerprint density at radius 1 is 1.29 bits per heavy atom. The number of fused-ring (bicyclic) bond motifs is 1. The highest BCUT2D eigenvalue weighted by Gasteiger charge is 2.10. The number of nitrogen functional groups attached to an aromatic ring is 1. The van der Waals surface area contributed by atoms with Crippen LogP contribution in [0.1, 0.15) is 11.8 Å². The Bertz CT molecular complexity index is 669. The number of thiophene rings is 1. The van der Waals surface area contributed by atoms with Crippen molar-refractivity contribution in [3.05, 3.63) is 35.2 Å². The molecule has 0 unspecified atom stereocenters. The van der Waals surface area contributed by atoms with Crippen LogP contribution in [0.4, 0.5) is 5.69 Å². The maximum atomic E-state index is 5.71. The van der Waals surface area contributed by atoms with Gasteiger partial charge in [0.15, 0.2) is 5.58 Å². The largest absolute Gasteiger partial charge is 0.435 e. The van der Waals surface area contributed by atoms with Crippen molar-refractivity contribution < 1.29 is 4.42 Å². The molecule has 0 aliphatic carbocycles. The zero-order valence-electron chi connectivity index (χ0n) is 9.43. The molecule has 0 atom stereocenters. The molecular weight excluding hydrogens is 232 g/mol. The van der Waals surface area contributed by atoms with Crippen molar-refractivity contribution in [3.63, 3.8) is 0 Å². The van der Waals surface area contributed by atoms with Crippen LogP contribution in [-0.2, 0) is 6.42 Å². The van der Waals surface area contributed by atoms with E-state index in [4.69, 9.17) is 10.2 Å². The third-order valence-corrected chi connectivity index (χ3v) is 3.85. The van der Waals surface area contributed by atoms with Crippen molar-refractivity contribution >= 4 is 28.1 Å². The third-order valence-electron chi connectivity index (χ3n) is 2.63. The van der Waals surface area contributed by atoms with Gasteiger partial charge < -0.3 is 10.2 Å². The van der Waals surface area contributed by atoms with Crippen LogP contribution >= 0.6 is 11.3 Å². The lowest BCUT2D eigenvalue weighted by Crippen LogP contribution is -1.81. The number of hydrogen-bond donors (Lipinski definition) is 1. The summed E-state index contributed by atoms with van der Waals surface area (Å²) in [4.78, 5) is 6.86. The summed E-state index contributed by atoms with van der Waals surface area (Å²) >= 11 is 1.72. The number of benzene rings is 1. The standard InChI is InChI=1S/C13H12N2OS/c1-2-9-4-6-12(17-9)13-15-10-5-3-8(14)7-11(10)16-13/h3-7H,2,14H2,1H3. The first-order chi connectivity index (χ1) is 8.26. The molecular formula is C13H12N2OS. The van der Waals surface area contributed by atoms with Gasteiger partial charge in [0.1, 0.15) is 5.52 Å². The van der Waals surface area contributed by atoms with Crippen molar-refractivity contribution in [1.82, 2.24) is 4.98 Å². The molecule has 2 aromatic heterocycles. The molecule has 2 heterocycles. The van der Waals surface area contributed by atoms with Gasteiger partial charge in [0.25, 0.3) is 0 Å². The molecule has 3 aromatic rings. The number of hydrogen-bond acceptors (Lipinski definition) is 4. The van der Waals surface area contributed by atoms with E-state index in [2.05, 4.69) is 24.0 Å². The van der Waals surface area contributed by atoms with E-state index in [0.29, 0.717) is 11.6 Å². The lowest BCUT2D eigenvalue weighted by Gasteiger charge is -1.88. The number of aryl methyl sites for hydroxylation is 1. The van der Waals surface area contributed by atoms with Crippen LogP contribution in [0.15, 0.2) is 34.7 Å². The highest BCUT2D eigenvalue weighted by Crippen LogP contribution is 2.30. The summed E-state index contributed by atoms with van der Waals surface area (Å²) in [7, 11) is 0. The summed E-state index contributed by atoms with van der Waals surface area (Å²) in [6.07, 6.45) is 1.04. The topological polar surface area (TPSA) is 52.0 Å². The summed E-state index contributed by atoms with van der Waals surface area (Å²) in [5.74, 6) is 0.676. The molecule has 0 bridgehead atoms. The molecule has 17 heavy (non-hydrogen) atoms. The molecule has 0 saturated heterocycles. The zero-order chi connectivity index (χ0) is 11.8. The second-order valence-electron chi connectivity index (χ2n) is 3.87. The van der Waals surface area contributed by atoms with E-state index >= 15 is 0 Å². The van der Waals surface area contributed by atoms with E-state index in [1.165, 1.54) is 4.88 Å². The SMILES string of the molecule is CCc1ccc(-c2nc3ccc(N)cc3o2)s1. The monoisotopic (exact) mass is 244 g/mol. The van der Waals surface area contributed by atoms with Gasteiger partial charge in [-0.2, -0.15) is 0 Å². The van der Waals surface area contributed by atoms with Gasteiger partial charge in [-0.15, -0.1) is 11.3 Å². The molecule has 3 rings (SSSR count). The first-order valence-electron chi connectivity index (χ1n) is 5.51. The molecule has 86 valence electrons. The number of rotatable bonds is 2. The molecule has 0 amide bonds. The van der Waals surface area contributed by atoms with Gasteiger partial charge in [0.2, 0.25) is 5.89 Å². The van der Waals surface area contributed by atoms with Crippen molar-refractivity contribution in [1.29, 1.82) is 0 Å². The third kappa shape index (κ3) is 1.80. The maximum Gasteiger partial charge on any atom is 0.237 e. The number of anilines is 1. The van der Waals surface area contributed by atoms with Gasteiger partial charge in [0.05, 0.1) is 4.88 Å². The van der Waals surface area contributed by atoms with Crippen LogP contribution in [0.3, 0.4) is 0 Å². The number of oxazole rings is 1. The minimum absolute atomic E-state index is 0.676. The Kier molecular flexibility index (Phi) is 2.37. The van der Waals surface area contributed by atoms with E-state index in [9.17, 15) is 0 Å². The summed E-state index contributed by atoms with van der Waals surface area (Å²) < 4.78 is 5.71. The Labute approximate surface area is 103 Å². The molecule has 2 N–H and O–H groups in total. The Morgan fingerprint density at radius 2 is 2.18 bits per heavy atom. The highest BCUT2D eigenvalue weighted by atomic mass is 32.1. The molecule has 3 nitrogen and oxygen atoms in total. The minimum Gasteiger partial charge on any atom is -0.435 e. The summed E-state index contributed by atoms with van der Waals surface area (Å²) in [6, 6.07) is 9.69. The van der Waals surface area contributed by atoms with E-state index in [-0.39, 0.29) is 0 Å². The molecule has 0 fully saturated rings. The fraction of sp³-hybridized carbons (Fsp3) is 0.154. The van der Waals surface area contributed by atoms with Gasteiger partial charge in [-0.25, -0.2) is 4.98 Å². The Hall–Kier alpha value is -1.81. The molecule has 0 aliphatic rings.